The molecule has 1 aromatic heterocycles. The van der Waals surface area contributed by atoms with E-state index in [0.717, 1.165) is 48.1 Å². The van der Waals surface area contributed by atoms with Gasteiger partial charge in [-0.3, -0.25) is 0 Å². The Bertz CT molecular complexity index is 946. The van der Waals surface area contributed by atoms with Gasteiger partial charge in [-0.05, 0) is 61.7 Å². The first-order valence-corrected chi connectivity index (χ1v) is 9.76. The average molecular weight is 393 g/mol. The summed E-state index contributed by atoms with van der Waals surface area (Å²) in [5, 5.41) is 3.32. The maximum absolute atomic E-state index is 5.37. The third-order valence-electron chi connectivity index (χ3n) is 4.69. The van der Waals surface area contributed by atoms with Crippen LogP contribution in [0, 0.1) is 6.92 Å². The molecular formula is C23H28N4O2. The lowest BCUT2D eigenvalue weighted by Crippen LogP contribution is -2.18. The first kappa shape index (κ1) is 20.5. The topological polar surface area (TPSA) is 59.5 Å². The lowest BCUT2D eigenvalue weighted by molar-refractivity contribution is 0.354. The zero-order valence-electron chi connectivity index (χ0n) is 17.5. The van der Waals surface area contributed by atoms with Gasteiger partial charge in [-0.2, -0.15) is 4.98 Å². The highest BCUT2D eigenvalue weighted by atomic mass is 16.5. The zero-order chi connectivity index (χ0) is 20.6. The predicted octanol–water partition coefficient (Wildman–Crippen LogP) is 4.61. The minimum absolute atomic E-state index is 0.620. The maximum atomic E-state index is 5.37. The summed E-state index contributed by atoms with van der Waals surface area (Å²) in [4.78, 5) is 11.2. The molecule has 0 fully saturated rings. The van der Waals surface area contributed by atoms with Crippen LogP contribution >= 0.6 is 0 Å². The van der Waals surface area contributed by atoms with Crippen molar-refractivity contribution in [2.24, 2.45) is 0 Å². The standard InChI is InChI=1S/C23H28N4O2/c1-5-27(19-8-6-7-17(2)15-19)22-12-14-25-23(26-22)24-13-11-18-9-10-20(28-3)21(16-18)29-4/h6-10,12,14-16H,5,11,13H2,1-4H3,(H,24,25,26). The van der Waals surface area contributed by atoms with E-state index in [1.807, 2.05) is 24.3 Å². The fraction of sp³-hybridized carbons (Fsp3) is 0.304. The third-order valence-corrected chi connectivity index (χ3v) is 4.69. The van der Waals surface area contributed by atoms with Crippen molar-refractivity contribution in [3.8, 4) is 11.5 Å². The summed E-state index contributed by atoms with van der Waals surface area (Å²) in [6.07, 6.45) is 2.61. The molecule has 0 spiro atoms. The van der Waals surface area contributed by atoms with Crippen molar-refractivity contribution in [2.75, 3.05) is 37.5 Å². The van der Waals surface area contributed by atoms with Crippen molar-refractivity contribution in [1.29, 1.82) is 0 Å². The van der Waals surface area contributed by atoms with Gasteiger partial charge in [0.2, 0.25) is 5.95 Å². The second-order valence-electron chi connectivity index (χ2n) is 6.69. The van der Waals surface area contributed by atoms with Crippen LogP contribution in [-0.2, 0) is 6.42 Å². The van der Waals surface area contributed by atoms with E-state index in [-0.39, 0.29) is 0 Å². The van der Waals surface area contributed by atoms with Gasteiger partial charge in [0, 0.05) is 25.0 Å². The van der Waals surface area contributed by atoms with Gasteiger partial charge in [0.1, 0.15) is 5.82 Å². The van der Waals surface area contributed by atoms with Gasteiger partial charge in [0.15, 0.2) is 11.5 Å². The number of aromatic nitrogens is 2. The summed E-state index contributed by atoms with van der Waals surface area (Å²) in [6.45, 7) is 5.76. The number of hydrogen-bond acceptors (Lipinski definition) is 6. The Labute approximate surface area is 172 Å². The summed E-state index contributed by atoms with van der Waals surface area (Å²) in [5.74, 6) is 2.96. The molecule has 3 aromatic rings. The molecule has 0 aliphatic carbocycles. The fourth-order valence-electron chi connectivity index (χ4n) is 3.21. The normalized spacial score (nSPS) is 10.5. The van der Waals surface area contributed by atoms with Gasteiger partial charge in [-0.15, -0.1) is 0 Å². The van der Waals surface area contributed by atoms with Crippen molar-refractivity contribution in [3.05, 3.63) is 65.9 Å². The van der Waals surface area contributed by atoms with E-state index >= 15 is 0 Å². The van der Waals surface area contributed by atoms with E-state index in [1.165, 1.54) is 5.56 Å². The SMILES string of the molecule is CCN(c1cccc(C)c1)c1ccnc(NCCc2ccc(OC)c(OC)c2)n1. The molecule has 0 unspecified atom stereocenters. The number of rotatable bonds is 9. The van der Waals surface area contributed by atoms with Crippen LogP contribution in [0.3, 0.4) is 0 Å². The first-order valence-electron chi connectivity index (χ1n) is 9.76. The van der Waals surface area contributed by atoms with Crippen LogP contribution in [0.2, 0.25) is 0 Å². The van der Waals surface area contributed by atoms with Gasteiger partial charge in [-0.1, -0.05) is 18.2 Å². The molecule has 1 N–H and O–H groups in total. The second-order valence-corrected chi connectivity index (χ2v) is 6.69. The molecule has 0 saturated carbocycles. The molecule has 3 rings (SSSR count). The highest BCUT2D eigenvalue weighted by Crippen LogP contribution is 2.28. The van der Waals surface area contributed by atoms with Crippen LogP contribution in [-0.4, -0.2) is 37.3 Å². The molecular weight excluding hydrogens is 364 g/mol. The number of aryl methyl sites for hydroxylation is 1. The Morgan fingerprint density at radius 1 is 1.00 bits per heavy atom. The van der Waals surface area contributed by atoms with Gasteiger partial charge >= 0.3 is 0 Å². The van der Waals surface area contributed by atoms with Crippen molar-refractivity contribution < 1.29 is 9.47 Å². The van der Waals surface area contributed by atoms with Crippen molar-refractivity contribution in [1.82, 2.24) is 9.97 Å². The molecule has 1 heterocycles. The van der Waals surface area contributed by atoms with Crippen LogP contribution in [0.5, 0.6) is 11.5 Å². The molecule has 0 atom stereocenters. The number of nitrogens with one attached hydrogen (secondary N) is 1. The molecule has 0 saturated heterocycles. The smallest absolute Gasteiger partial charge is 0.224 e. The Kier molecular flexibility index (Phi) is 6.89. The van der Waals surface area contributed by atoms with E-state index in [2.05, 4.69) is 53.3 Å². The highest BCUT2D eigenvalue weighted by Gasteiger charge is 2.10. The Morgan fingerprint density at radius 3 is 2.55 bits per heavy atom. The molecule has 0 amide bonds. The minimum Gasteiger partial charge on any atom is -0.493 e. The van der Waals surface area contributed by atoms with Gasteiger partial charge in [-0.25, -0.2) is 4.98 Å². The predicted molar refractivity (Wildman–Crippen MR) is 118 cm³/mol. The number of methoxy groups -OCH3 is 2. The highest BCUT2D eigenvalue weighted by molar-refractivity contribution is 5.61. The zero-order valence-corrected chi connectivity index (χ0v) is 17.5. The molecule has 0 aliphatic heterocycles. The number of anilines is 3. The van der Waals surface area contributed by atoms with E-state index in [0.29, 0.717) is 5.95 Å². The number of nitrogens with zero attached hydrogens (tertiary/aromatic N) is 3. The average Bonchev–Trinajstić information content (AvgIpc) is 2.74. The summed E-state index contributed by atoms with van der Waals surface area (Å²) in [6, 6.07) is 16.3. The lowest BCUT2D eigenvalue weighted by Gasteiger charge is -2.22. The van der Waals surface area contributed by atoms with Crippen LogP contribution in [0.1, 0.15) is 18.1 Å². The molecule has 2 aromatic carbocycles. The molecule has 0 radical (unpaired) electrons. The number of hydrogen-bond donors (Lipinski definition) is 1. The monoisotopic (exact) mass is 392 g/mol. The molecule has 0 bridgehead atoms. The van der Waals surface area contributed by atoms with Crippen molar-refractivity contribution >= 4 is 17.5 Å². The molecule has 6 nitrogen and oxygen atoms in total. The Balaban J connectivity index is 1.67. The third kappa shape index (κ3) is 5.16. The summed E-state index contributed by atoms with van der Waals surface area (Å²) >= 11 is 0. The van der Waals surface area contributed by atoms with E-state index < -0.39 is 0 Å². The summed E-state index contributed by atoms with van der Waals surface area (Å²) in [5.41, 5.74) is 3.51. The van der Waals surface area contributed by atoms with E-state index in [1.54, 1.807) is 20.4 Å². The maximum Gasteiger partial charge on any atom is 0.224 e. The molecule has 29 heavy (non-hydrogen) atoms. The van der Waals surface area contributed by atoms with E-state index in [4.69, 9.17) is 14.5 Å². The van der Waals surface area contributed by atoms with Crippen LogP contribution in [0.4, 0.5) is 17.5 Å². The van der Waals surface area contributed by atoms with Crippen LogP contribution < -0.4 is 19.7 Å². The van der Waals surface area contributed by atoms with Crippen LogP contribution in [0.15, 0.2) is 54.7 Å². The molecule has 0 aliphatic rings. The molecule has 152 valence electrons. The summed E-state index contributed by atoms with van der Waals surface area (Å²) < 4.78 is 10.7. The van der Waals surface area contributed by atoms with E-state index in [9.17, 15) is 0 Å². The van der Waals surface area contributed by atoms with Gasteiger partial charge < -0.3 is 19.7 Å². The second kappa shape index (κ2) is 9.78. The number of benzene rings is 2. The Morgan fingerprint density at radius 2 is 1.83 bits per heavy atom. The van der Waals surface area contributed by atoms with Crippen molar-refractivity contribution in [2.45, 2.75) is 20.3 Å². The summed E-state index contributed by atoms with van der Waals surface area (Å²) in [7, 11) is 3.28. The number of ether oxygens (including phenoxy) is 2. The Hall–Kier alpha value is -3.28. The van der Waals surface area contributed by atoms with Gasteiger partial charge in [0.25, 0.3) is 0 Å². The minimum atomic E-state index is 0.620. The van der Waals surface area contributed by atoms with Crippen LogP contribution in [0.25, 0.3) is 0 Å². The van der Waals surface area contributed by atoms with Gasteiger partial charge in [0.05, 0.1) is 14.2 Å². The quantitative estimate of drug-likeness (QED) is 0.574. The first-order chi connectivity index (χ1) is 14.1. The van der Waals surface area contributed by atoms with Crippen molar-refractivity contribution in [3.63, 3.8) is 0 Å². The largest absolute Gasteiger partial charge is 0.493 e. The fourth-order valence-corrected chi connectivity index (χ4v) is 3.21. The molecule has 6 heteroatoms. The lowest BCUT2D eigenvalue weighted by atomic mass is 10.1.